The number of aromatic nitrogens is 1. The summed E-state index contributed by atoms with van der Waals surface area (Å²) in [5, 5.41) is 0. The molecule has 0 amide bonds. The molecule has 104 valence electrons. The Morgan fingerprint density at radius 3 is 2.50 bits per heavy atom. The van der Waals surface area contributed by atoms with Gasteiger partial charge in [0.05, 0.1) is 0 Å². The number of likely N-dealkylation sites (tertiary alicyclic amines) is 1. The van der Waals surface area contributed by atoms with Crippen molar-refractivity contribution in [3.05, 3.63) is 65.7 Å². The maximum absolute atomic E-state index is 12.9. The summed E-state index contributed by atoms with van der Waals surface area (Å²) in [6, 6.07) is 11.1. The van der Waals surface area contributed by atoms with Crippen molar-refractivity contribution in [2.75, 3.05) is 13.1 Å². The molecule has 1 aliphatic rings. The number of benzene rings is 1. The van der Waals surface area contributed by atoms with Gasteiger partial charge in [-0.25, -0.2) is 4.39 Å². The van der Waals surface area contributed by atoms with Crippen LogP contribution in [0, 0.1) is 5.82 Å². The average Bonchev–Trinajstić information content (AvgIpc) is 2.50. The summed E-state index contributed by atoms with van der Waals surface area (Å²) in [5.41, 5.74) is 2.54. The number of piperidine rings is 1. The Bertz CT molecular complexity index is 531. The summed E-state index contributed by atoms with van der Waals surface area (Å²) in [4.78, 5) is 6.63. The molecule has 1 aromatic carbocycles. The van der Waals surface area contributed by atoms with E-state index < -0.39 is 0 Å². The zero-order valence-electron chi connectivity index (χ0n) is 11.5. The Hall–Kier alpha value is -1.74. The van der Waals surface area contributed by atoms with Gasteiger partial charge in [0.1, 0.15) is 5.82 Å². The number of pyridine rings is 1. The summed E-state index contributed by atoms with van der Waals surface area (Å²) in [6.07, 6.45) is 6.04. The van der Waals surface area contributed by atoms with Crippen molar-refractivity contribution in [2.45, 2.75) is 25.3 Å². The highest BCUT2D eigenvalue weighted by molar-refractivity contribution is 5.21. The fraction of sp³-hybridized carbons (Fsp3) is 0.353. The van der Waals surface area contributed by atoms with E-state index in [1.807, 2.05) is 30.6 Å². The van der Waals surface area contributed by atoms with Gasteiger partial charge in [0.2, 0.25) is 0 Å². The largest absolute Gasteiger partial charge is 0.299 e. The maximum atomic E-state index is 12.9. The van der Waals surface area contributed by atoms with Crippen LogP contribution in [0.15, 0.2) is 48.8 Å². The van der Waals surface area contributed by atoms with Gasteiger partial charge in [0.25, 0.3) is 0 Å². The molecular weight excluding hydrogens is 251 g/mol. The van der Waals surface area contributed by atoms with Gasteiger partial charge >= 0.3 is 0 Å². The minimum absolute atomic E-state index is 0.150. The molecule has 0 unspecified atom stereocenters. The standard InChI is InChI=1S/C17H19FN2/c18-17-5-3-15(4-6-17)16-7-10-20(11-8-16)13-14-2-1-9-19-12-14/h1-6,9,12,16H,7-8,10-11,13H2. The van der Waals surface area contributed by atoms with Crippen LogP contribution in [0.1, 0.15) is 29.9 Å². The highest BCUT2D eigenvalue weighted by Crippen LogP contribution is 2.28. The van der Waals surface area contributed by atoms with E-state index in [1.165, 1.54) is 11.1 Å². The zero-order chi connectivity index (χ0) is 13.8. The molecule has 0 radical (unpaired) electrons. The molecule has 0 saturated carbocycles. The van der Waals surface area contributed by atoms with Crippen molar-refractivity contribution < 1.29 is 4.39 Å². The molecule has 0 spiro atoms. The van der Waals surface area contributed by atoms with Gasteiger partial charge in [-0.1, -0.05) is 18.2 Å². The van der Waals surface area contributed by atoms with Crippen LogP contribution in [0.5, 0.6) is 0 Å². The molecule has 1 fully saturated rings. The first-order chi connectivity index (χ1) is 9.81. The molecule has 2 aromatic rings. The van der Waals surface area contributed by atoms with Crippen LogP contribution < -0.4 is 0 Å². The van der Waals surface area contributed by atoms with E-state index in [0.29, 0.717) is 5.92 Å². The van der Waals surface area contributed by atoms with E-state index in [2.05, 4.69) is 16.0 Å². The van der Waals surface area contributed by atoms with Crippen LogP contribution in [0.25, 0.3) is 0 Å². The monoisotopic (exact) mass is 270 g/mol. The predicted molar refractivity (Wildman–Crippen MR) is 77.9 cm³/mol. The molecule has 0 aliphatic carbocycles. The van der Waals surface area contributed by atoms with E-state index in [0.717, 1.165) is 32.5 Å². The second-order valence-electron chi connectivity index (χ2n) is 5.46. The average molecular weight is 270 g/mol. The number of nitrogens with zero attached hydrogens (tertiary/aromatic N) is 2. The van der Waals surface area contributed by atoms with Gasteiger partial charge in [-0.05, 0) is 61.2 Å². The summed E-state index contributed by atoms with van der Waals surface area (Å²) < 4.78 is 12.9. The Morgan fingerprint density at radius 2 is 1.85 bits per heavy atom. The van der Waals surface area contributed by atoms with Gasteiger partial charge in [-0.2, -0.15) is 0 Å². The van der Waals surface area contributed by atoms with E-state index in [-0.39, 0.29) is 5.82 Å². The van der Waals surface area contributed by atoms with Gasteiger partial charge in [0, 0.05) is 18.9 Å². The normalized spacial score (nSPS) is 17.2. The maximum Gasteiger partial charge on any atom is 0.123 e. The quantitative estimate of drug-likeness (QED) is 0.847. The number of hydrogen-bond donors (Lipinski definition) is 0. The summed E-state index contributed by atoms with van der Waals surface area (Å²) >= 11 is 0. The number of halogens is 1. The van der Waals surface area contributed by atoms with Crippen LogP contribution in [0.4, 0.5) is 4.39 Å². The second-order valence-corrected chi connectivity index (χ2v) is 5.46. The molecule has 1 saturated heterocycles. The fourth-order valence-corrected chi connectivity index (χ4v) is 2.91. The molecule has 1 aromatic heterocycles. The topological polar surface area (TPSA) is 16.1 Å². The first kappa shape index (κ1) is 13.3. The zero-order valence-corrected chi connectivity index (χ0v) is 11.5. The Labute approximate surface area is 119 Å². The number of rotatable bonds is 3. The lowest BCUT2D eigenvalue weighted by atomic mass is 9.89. The van der Waals surface area contributed by atoms with Crippen LogP contribution in [0.3, 0.4) is 0 Å². The highest BCUT2D eigenvalue weighted by atomic mass is 19.1. The van der Waals surface area contributed by atoms with Gasteiger partial charge in [-0.15, -0.1) is 0 Å². The molecule has 0 bridgehead atoms. The molecule has 2 heterocycles. The molecule has 1 aliphatic heterocycles. The molecule has 20 heavy (non-hydrogen) atoms. The number of hydrogen-bond acceptors (Lipinski definition) is 2. The van der Waals surface area contributed by atoms with Crippen molar-refractivity contribution in [1.29, 1.82) is 0 Å². The van der Waals surface area contributed by atoms with Crippen LogP contribution >= 0.6 is 0 Å². The third kappa shape index (κ3) is 3.23. The molecule has 0 atom stereocenters. The Morgan fingerprint density at radius 1 is 1.10 bits per heavy atom. The van der Waals surface area contributed by atoms with Crippen molar-refractivity contribution >= 4 is 0 Å². The lowest BCUT2D eigenvalue weighted by Crippen LogP contribution is -2.32. The van der Waals surface area contributed by atoms with Gasteiger partial charge in [-0.3, -0.25) is 9.88 Å². The van der Waals surface area contributed by atoms with Gasteiger partial charge < -0.3 is 0 Å². The van der Waals surface area contributed by atoms with Crippen LogP contribution in [0.2, 0.25) is 0 Å². The first-order valence-corrected chi connectivity index (χ1v) is 7.18. The minimum Gasteiger partial charge on any atom is -0.299 e. The first-order valence-electron chi connectivity index (χ1n) is 7.18. The van der Waals surface area contributed by atoms with E-state index >= 15 is 0 Å². The molecule has 3 rings (SSSR count). The molecule has 3 heteroatoms. The van der Waals surface area contributed by atoms with Gasteiger partial charge in [0.15, 0.2) is 0 Å². The summed E-state index contributed by atoms with van der Waals surface area (Å²) in [5.74, 6) is 0.420. The third-order valence-electron chi connectivity index (χ3n) is 4.06. The van der Waals surface area contributed by atoms with Crippen molar-refractivity contribution in [3.8, 4) is 0 Å². The SMILES string of the molecule is Fc1ccc(C2CCN(Cc3cccnc3)CC2)cc1. The van der Waals surface area contributed by atoms with Crippen molar-refractivity contribution in [1.82, 2.24) is 9.88 Å². The Kier molecular flexibility index (Phi) is 4.07. The predicted octanol–water partition coefficient (Wildman–Crippen LogP) is 3.60. The van der Waals surface area contributed by atoms with E-state index in [1.54, 1.807) is 12.1 Å². The summed E-state index contributed by atoms with van der Waals surface area (Å²) in [6.45, 7) is 3.16. The van der Waals surface area contributed by atoms with Crippen molar-refractivity contribution in [3.63, 3.8) is 0 Å². The minimum atomic E-state index is -0.150. The molecule has 2 nitrogen and oxygen atoms in total. The van der Waals surface area contributed by atoms with E-state index in [9.17, 15) is 4.39 Å². The smallest absolute Gasteiger partial charge is 0.123 e. The van der Waals surface area contributed by atoms with Crippen molar-refractivity contribution in [2.24, 2.45) is 0 Å². The second kappa shape index (κ2) is 6.14. The third-order valence-corrected chi connectivity index (χ3v) is 4.06. The molecule has 0 N–H and O–H groups in total. The molecular formula is C17H19FN2. The Balaban J connectivity index is 1.55. The van der Waals surface area contributed by atoms with Crippen LogP contribution in [-0.4, -0.2) is 23.0 Å². The summed E-state index contributed by atoms with van der Waals surface area (Å²) in [7, 11) is 0. The lowest BCUT2D eigenvalue weighted by molar-refractivity contribution is 0.204. The lowest BCUT2D eigenvalue weighted by Gasteiger charge is -2.32. The van der Waals surface area contributed by atoms with Crippen LogP contribution in [-0.2, 0) is 6.54 Å². The van der Waals surface area contributed by atoms with E-state index in [4.69, 9.17) is 0 Å². The highest BCUT2D eigenvalue weighted by Gasteiger charge is 2.20. The fourth-order valence-electron chi connectivity index (χ4n) is 2.91.